The van der Waals surface area contributed by atoms with Crippen LogP contribution in [0.1, 0.15) is 25.3 Å². The molecule has 0 saturated heterocycles. The molecule has 0 heterocycles. The fraction of sp³-hybridized carbons (Fsp3) is 0.286. The highest BCUT2D eigenvalue weighted by molar-refractivity contribution is 5.45. The minimum absolute atomic E-state index is 0.344. The lowest BCUT2D eigenvalue weighted by molar-refractivity contribution is 0.287. The highest BCUT2D eigenvalue weighted by Crippen LogP contribution is 1.97. The molecule has 0 radical (unpaired) electrons. The quantitative estimate of drug-likeness (QED) is 0.748. The molecule has 0 unspecified atom stereocenters. The third kappa shape index (κ3) is 12.5. The minimum atomic E-state index is 0.344. The van der Waals surface area contributed by atoms with Gasteiger partial charge < -0.3 is 5.11 Å². The number of aliphatic hydroxyl groups excluding tert-OH is 1. The first kappa shape index (κ1) is 15.9. The number of benzene rings is 1. The first-order chi connectivity index (χ1) is 7.35. The zero-order valence-electron chi connectivity index (χ0n) is 9.39. The third-order valence-corrected chi connectivity index (χ3v) is 1.55. The molecule has 15 heavy (non-hydrogen) atoms. The normalized spacial score (nSPS) is 7.47. The van der Waals surface area contributed by atoms with Crippen molar-refractivity contribution in [1.29, 1.82) is 0 Å². The Hall–Kier alpha value is -1.52. The van der Waals surface area contributed by atoms with Crippen LogP contribution < -0.4 is 0 Å². The van der Waals surface area contributed by atoms with E-state index in [9.17, 15) is 0 Å². The van der Waals surface area contributed by atoms with Crippen molar-refractivity contribution in [3.8, 4) is 12.8 Å². The second-order valence-electron chi connectivity index (χ2n) is 2.69. The van der Waals surface area contributed by atoms with Gasteiger partial charge in [-0.1, -0.05) is 56.3 Å². The van der Waals surface area contributed by atoms with Gasteiger partial charge in [0, 0.05) is 6.61 Å². The summed E-state index contributed by atoms with van der Waals surface area (Å²) in [5, 5.41) is 8.07. The van der Waals surface area contributed by atoms with Gasteiger partial charge in [0.05, 0.1) is 0 Å². The van der Waals surface area contributed by atoms with Crippen molar-refractivity contribution in [3.63, 3.8) is 0 Å². The van der Waals surface area contributed by atoms with Gasteiger partial charge in [-0.15, -0.1) is 12.8 Å². The van der Waals surface area contributed by atoms with E-state index in [1.807, 2.05) is 36.4 Å². The summed E-state index contributed by atoms with van der Waals surface area (Å²) in [4.78, 5) is 0. The van der Waals surface area contributed by atoms with Gasteiger partial charge in [-0.3, -0.25) is 0 Å². The molecule has 1 rings (SSSR count). The molecule has 0 atom stereocenters. The SMILES string of the molecule is C#C.C=Cc1ccccc1.CCCCO. The van der Waals surface area contributed by atoms with Crippen LogP contribution in [0.2, 0.25) is 0 Å². The molecule has 1 heteroatoms. The van der Waals surface area contributed by atoms with E-state index in [2.05, 4.69) is 26.3 Å². The summed E-state index contributed by atoms with van der Waals surface area (Å²) < 4.78 is 0. The average molecular weight is 204 g/mol. The van der Waals surface area contributed by atoms with Crippen LogP contribution in [0.25, 0.3) is 6.08 Å². The fourth-order valence-electron chi connectivity index (χ4n) is 0.747. The summed E-state index contributed by atoms with van der Waals surface area (Å²) >= 11 is 0. The predicted molar refractivity (Wildman–Crippen MR) is 68.4 cm³/mol. The molecule has 0 aromatic heterocycles. The van der Waals surface area contributed by atoms with Gasteiger partial charge in [0.15, 0.2) is 0 Å². The van der Waals surface area contributed by atoms with Crippen molar-refractivity contribution in [2.45, 2.75) is 19.8 Å². The Kier molecular flexibility index (Phi) is 15.9. The molecule has 0 amide bonds. The average Bonchev–Trinajstić information content (AvgIpc) is 2.34. The van der Waals surface area contributed by atoms with Crippen LogP contribution in [0, 0.1) is 12.8 Å². The first-order valence-corrected chi connectivity index (χ1v) is 4.96. The smallest absolute Gasteiger partial charge is 0.0430 e. The van der Waals surface area contributed by atoms with Gasteiger partial charge in [0.2, 0.25) is 0 Å². The summed E-state index contributed by atoms with van der Waals surface area (Å²) in [6, 6.07) is 10.0. The van der Waals surface area contributed by atoms with E-state index in [4.69, 9.17) is 5.11 Å². The highest BCUT2D eigenvalue weighted by Gasteiger charge is 1.75. The highest BCUT2D eigenvalue weighted by atomic mass is 16.2. The molecule has 1 aromatic rings. The molecule has 0 bridgehead atoms. The van der Waals surface area contributed by atoms with Crippen molar-refractivity contribution in [2.75, 3.05) is 6.61 Å². The monoisotopic (exact) mass is 204 g/mol. The predicted octanol–water partition coefficient (Wildman–Crippen LogP) is 3.36. The maximum Gasteiger partial charge on any atom is 0.0430 e. The van der Waals surface area contributed by atoms with E-state index in [0.717, 1.165) is 12.8 Å². The topological polar surface area (TPSA) is 20.2 Å². The van der Waals surface area contributed by atoms with Crippen LogP contribution in [0.5, 0.6) is 0 Å². The largest absolute Gasteiger partial charge is 0.396 e. The zero-order chi connectivity index (χ0) is 11.9. The van der Waals surface area contributed by atoms with Crippen LogP contribution >= 0.6 is 0 Å². The second-order valence-corrected chi connectivity index (χ2v) is 2.69. The molecule has 1 aromatic carbocycles. The van der Waals surface area contributed by atoms with E-state index >= 15 is 0 Å². The number of rotatable bonds is 3. The maximum absolute atomic E-state index is 8.07. The molecule has 0 aliphatic rings. The molecule has 1 N–H and O–H groups in total. The van der Waals surface area contributed by atoms with Crippen LogP contribution in [0.4, 0.5) is 0 Å². The lowest BCUT2D eigenvalue weighted by atomic mass is 10.2. The van der Waals surface area contributed by atoms with Gasteiger partial charge in [0.25, 0.3) is 0 Å². The first-order valence-electron chi connectivity index (χ1n) is 4.96. The van der Waals surface area contributed by atoms with Gasteiger partial charge in [-0.25, -0.2) is 0 Å². The summed E-state index contributed by atoms with van der Waals surface area (Å²) in [6.07, 6.45) is 11.9. The van der Waals surface area contributed by atoms with Gasteiger partial charge in [-0.05, 0) is 12.0 Å². The second kappa shape index (κ2) is 15.0. The Balaban J connectivity index is 0. The Labute approximate surface area is 93.5 Å². The van der Waals surface area contributed by atoms with E-state index in [-0.39, 0.29) is 0 Å². The van der Waals surface area contributed by atoms with E-state index in [1.165, 1.54) is 5.56 Å². The van der Waals surface area contributed by atoms with Crippen molar-refractivity contribution in [1.82, 2.24) is 0 Å². The van der Waals surface area contributed by atoms with Gasteiger partial charge >= 0.3 is 0 Å². The van der Waals surface area contributed by atoms with Crippen molar-refractivity contribution in [3.05, 3.63) is 42.5 Å². The standard InChI is InChI=1S/C8H8.C4H10O.C2H2/c1-2-8-6-4-3-5-7-8;1-2-3-4-5;1-2/h2-7H,1H2;5H,2-4H2,1H3;1-2H. The van der Waals surface area contributed by atoms with E-state index in [1.54, 1.807) is 0 Å². The molecule has 1 nitrogen and oxygen atoms in total. The van der Waals surface area contributed by atoms with Crippen molar-refractivity contribution < 1.29 is 5.11 Å². The lowest BCUT2D eigenvalue weighted by Gasteiger charge is -1.85. The molecule has 0 aliphatic heterocycles. The molecular formula is C14H20O. The summed E-state index contributed by atoms with van der Waals surface area (Å²) in [6.45, 7) is 6.03. The zero-order valence-corrected chi connectivity index (χ0v) is 9.39. The Bertz CT molecular complexity index is 234. The molecule has 0 aliphatic carbocycles. The van der Waals surface area contributed by atoms with Crippen LogP contribution in [-0.4, -0.2) is 11.7 Å². The molecule has 0 spiro atoms. The number of hydrogen-bond acceptors (Lipinski definition) is 1. The molecule has 0 fully saturated rings. The van der Waals surface area contributed by atoms with E-state index < -0.39 is 0 Å². The number of aliphatic hydroxyl groups is 1. The van der Waals surface area contributed by atoms with Crippen molar-refractivity contribution in [2.24, 2.45) is 0 Å². The number of terminal acetylenes is 1. The summed E-state index contributed by atoms with van der Waals surface area (Å²) in [7, 11) is 0. The Morgan fingerprint density at radius 1 is 1.27 bits per heavy atom. The van der Waals surface area contributed by atoms with Crippen LogP contribution in [-0.2, 0) is 0 Å². The lowest BCUT2D eigenvalue weighted by Crippen LogP contribution is -1.75. The molecule has 0 saturated carbocycles. The van der Waals surface area contributed by atoms with Gasteiger partial charge in [-0.2, -0.15) is 0 Å². The fourth-order valence-corrected chi connectivity index (χ4v) is 0.747. The summed E-state index contributed by atoms with van der Waals surface area (Å²) in [5.41, 5.74) is 1.17. The Morgan fingerprint density at radius 3 is 2.00 bits per heavy atom. The number of hydrogen-bond donors (Lipinski definition) is 1. The van der Waals surface area contributed by atoms with Crippen LogP contribution in [0.3, 0.4) is 0 Å². The van der Waals surface area contributed by atoms with Crippen LogP contribution in [0.15, 0.2) is 36.9 Å². The number of unbranched alkanes of at least 4 members (excludes halogenated alkanes) is 1. The third-order valence-electron chi connectivity index (χ3n) is 1.55. The van der Waals surface area contributed by atoms with Crippen molar-refractivity contribution >= 4 is 6.08 Å². The maximum atomic E-state index is 8.07. The minimum Gasteiger partial charge on any atom is -0.396 e. The molecular weight excluding hydrogens is 184 g/mol. The summed E-state index contributed by atoms with van der Waals surface area (Å²) in [5.74, 6) is 0. The van der Waals surface area contributed by atoms with Gasteiger partial charge in [0.1, 0.15) is 0 Å². The molecule has 82 valence electrons. The Morgan fingerprint density at radius 2 is 1.80 bits per heavy atom. The van der Waals surface area contributed by atoms with E-state index in [0.29, 0.717) is 6.61 Å².